The molecule has 0 aliphatic carbocycles. The quantitative estimate of drug-likeness (QED) is 0.599. The summed E-state index contributed by atoms with van der Waals surface area (Å²) in [5.41, 5.74) is 1.05. The molecule has 28 heavy (non-hydrogen) atoms. The van der Waals surface area contributed by atoms with Gasteiger partial charge in [0.15, 0.2) is 11.7 Å². The number of fused-ring (bicyclic) bond motifs is 1. The SMILES string of the molecule is N#C[C@H](C(=O)c1ccc(S(=O)(=O)N2CCCC2)cc1)c1nc2ccccc2s1. The molecule has 1 atom stereocenters. The van der Waals surface area contributed by atoms with Crippen LogP contribution in [0.4, 0.5) is 0 Å². The molecule has 6 nitrogen and oxygen atoms in total. The van der Waals surface area contributed by atoms with Gasteiger partial charge in [-0.25, -0.2) is 13.4 Å². The Labute approximate surface area is 167 Å². The summed E-state index contributed by atoms with van der Waals surface area (Å²) in [4.78, 5) is 17.4. The van der Waals surface area contributed by atoms with Gasteiger partial charge in [-0.2, -0.15) is 9.57 Å². The number of rotatable bonds is 5. The summed E-state index contributed by atoms with van der Waals surface area (Å²) in [6, 6.07) is 15.3. The highest BCUT2D eigenvalue weighted by Gasteiger charge is 2.29. The minimum absolute atomic E-state index is 0.166. The first-order valence-corrected chi connectivity index (χ1v) is 11.2. The monoisotopic (exact) mass is 411 g/mol. The van der Waals surface area contributed by atoms with Gasteiger partial charge in [-0.1, -0.05) is 24.3 Å². The predicted octanol–water partition coefficient (Wildman–Crippen LogP) is 3.57. The molecule has 0 radical (unpaired) electrons. The van der Waals surface area contributed by atoms with Crippen LogP contribution in [0.1, 0.15) is 34.1 Å². The number of nitriles is 1. The first-order valence-electron chi connectivity index (χ1n) is 8.90. The van der Waals surface area contributed by atoms with E-state index in [9.17, 15) is 18.5 Å². The van der Waals surface area contributed by atoms with E-state index in [-0.39, 0.29) is 10.7 Å². The van der Waals surface area contributed by atoms with Crippen molar-refractivity contribution in [3.8, 4) is 6.07 Å². The van der Waals surface area contributed by atoms with Crippen LogP contribution in [0.2, 0.25) is 0 Å². The van der Waals surface area contributed by atoms with Crippen LogP contribution in [-0.2, 0) is 10.0 Å². The molecule has 1 fully saturated rings. The summed E-state index contributed by atoms with van der Waals surface area (Å²) in [5, 5.41) is 10.0. The third kappa shape index (κ3) is 3.33. The molecule has 142 valence electrons. The standard InChI is InChI=1S/C20H17N3O3S2/c21-13-16(20-22-17-5-1-2-6-18(17)27-20)19(24)14-7-9-15(10-8-14)28(25,26)23-11-3-4-12-23/h1-2,5-10,16H,3-4,11-12H2/t16-/m1/s1. The second-order valence-corrected chi connectivity index (χ2v) is 9.58. The van der Waals surface area contributed by atoms with Gasteiger partial charge in [-0.15, -0.1) is 11.3 Å². The summed E-state index contributed by atoms with van der Waals surface area (Å²) in [6.07, 6.45) is 1.73. The number of aromatic nitrogens is 1. The van der Waals surface area contributed by atoms with Crippen LogP contribution >= 0.6 is 11.3 Å². The van der Waals surface area contributed by atoms with E-state index in [1.165, 1.54) is 39.9 Å². The van der Waals surface area contributed by atoms with Crippen LogP contribution < -0.4 is 0 Å². The fraction of sp³-hybridized carbons (Fsp3) is 0.250. The van der Waals surface area contributed by atoms with Crippen LogP contribution in [0.3, 0.4) is 0 Å². The van der Waals surface area contributed by atoms with Gasteiger partial charge in [0, 0.05) is 18.7 Å². The fourth-order valence-corrected chi connectivity index (χ4v) is 5.80. The molecule has 1 aliphatic rings. The average molecular weight is 412 g/mol. The molecule has 0 bridgehead atoms. The summed E-state index contributed by atoms with van der Waals surface area (Å²) in [7, 11) is -3.53. The molecular formula is C20H17N3O3S2. The maximum Gasteiger partial charge on any atom is 0.243 e. The largest absolute Gasteiger partial charge is 0.292 e. The molecule has 2 aromatic carbocycles. The van der Waals surface area contributed by atoms with Crippen LogP contribution in [0.25, 0.3) is 10.2 Å². The highest BCUT2D eigenvalue weighted by Crippen LogP contribution is 2.30. The Balaban J connectivity index is 1.61. The van der Waals surface area contributed by atoms with E-state index < -0.39 is 15.9 Å². The van der Waals surface area contributed by atoms with Crippen molar-refractivity contribution in [3.05, 3.63) is 59.1 Å². The van der Waals surface area contributed by atoms with Gasteiger partial charge in [0.1, 0.15) is 5.01 Å². The number of carbonyl (C=O) groups excluding carboxylic acids is 1. The maximum atomic E-state index is 12.9. The highest BCUT2D eigenvalue weighted by molar-refractivity contribution is 7.89. The van der Waals surface area contributed by atoms with Gasteiger partial charge in [-0.05, 0) is 37.1 Å². The second kappa shape index (κ2) is 7.43. The van der Waals surface area contributed by atoms with E-state index in [4.69, 9.17) is 0 Å². The van der Waals surface area contributed by atoms with Crippen molar-refractivity contribution >= 4 is 37.4 Å². The van der Waals surface area contributed by atoms with Crippen LogP contribution in [0.5, 0.6) is 0 Å². The number of Topliss-reactive ketones (excluding diaryl/α,β-unsaturated/α-hetero) is 1. The smallest absolute Gasteiger partial charge is 0.243 e. The number of carbonyl (C=O) groups is 1. The number of para-hydroxylation sites is 1. The van der Waals surface area contributed by atoms with Gasteiger partial charge in [0.05, 0.1) is 21.2 Å². The average Bonchev–Trinajstić information content (AvgIpc) is 3.39. The van der Waals surface area contributed by atoms with E-state index in [1.807, 2.05) is 30.3 Å². The second-order valence-electron chi connectivity index (χ2n) is 6.58. The molecule has 0 amide bonds. The van der Waals surface area contributed by atoms with Crippen molar-refractivity contribution in [1.29, 1.82) is 5.26 Å². The number of benzene rings is 2. The van der Waals surface area contributed by atoms with E-state index in [2.05, 4.69) is 4.98 Å². The van der Waals surface area contributed by atoms with Gasteiger partial charge < -0.3 is 0 Å². The molecule has 0 N–H and O–H groups in total. The Bertz CT molecular complexity index is 1140. The van der Waals surface area contributed by atoms with Crippen molar-refractivity contribution in [2.24, 2.45) is 0 Å². The van der Waals surface area contributed by atoms with Gasteiger partial charge in [0.2, 0.25) is 10.0 Å². The lowest BCUT2D eigenvalue weighted by Crippen LogP contribution is -2.27. The van der Waals surface area contributed by atoms with Crippen LogP contribution in [-0.4, -0.2) is 36.6 Å². The number of nitrogens with zero attached hydrogens (tertiary/aromatic N) is 3. The predicted molar refractivity (Wildman–Crippen MR) is 107 cm³/mol. The van der Waals surface area contributed by atoms with Crippen LogP contribution in [0, 0.1) is 11.3 Å². The topological polar surface area (TPSA) is 91.1 Å². The molecule has 2 heterocycles. The number of sulfonamides is 1. The summed E-state index contributed by atoms with van der Waals surface area (Å²) in [6.45, 7) is 1.05. The zero-order valence-corrected chi connectivity index (χ0v) is 16.5. The van der Waals surface area contributed by atoms with Gasteiger partial charge in [-0.3, -0.25) is 4.79 Å². The zero-order valence-electron chi connectivity index (χ0n) is 14.9. The number of thiazole rings is 1. The Kier molecular flexibility index (Phi) is 4.98. The minimum Gasteiger partial charge on any atom is -0.292 e. The van der Waals surface area contributed by atoms with Crippen LogP contribution in [0.15, 0.2) is 53.4 Å². The molecule has 1 aliphatic heterocycles. The molecular weight excluding hydrogens is 394 g/mol. The summed E-state index contributed by atoms with van der Waals surface area (Å²) in [5.74, 6) is -1.40. The van der Waals surface area contributed by atoms with Crippen molar-refractivity contribution in [1.82, 2.24) is 9.29 Å². The fourth-order valence-electron chi connectivity index (χ4n) is 3.27. The molecule has 0 unspecified atom stereocenters. The molecule has 0 spiro atoms. The lowest BCUT2D eigenvalue weighted by atomic mass is 9.99. The Hall–Kier alpha value is -2.60. The lowest BCUT2D eigenvalue weighted by molar-refractivity contribution is 0.0978. The number of hydrogen-bond acceptors (Lipinski definition) is 6. The molecule has 1 aromatic heterocycles. The normalized spacial score (nSPS) is 16.1. The molecule has 3 aromatic rings. The third-order valence-corrected chi connectivity index (χ3v) is 7.80. The Morgan fingerprint density at radius 3 is 2.43 bits per heavy atom. The van der Waals surface area contributed by atoms with Gasteiger partial charge in [0.25, 0.3) is 0 Å². The first-order chi connectivity index (χ1) is 13.5. The van der Waals surface area contributed by atoms with E-state index in [0.29, 0.717) is 23.7 Å². The molecule has 1 saturated heterocycles. The third-order valence-electron chi connectivity index (χ3n) is 4.79. The van der Waals surface area contributed by atoms with Crippen molar-refractivity contribution in [2.45, 2.75) is 23.7 Å². The first kappa shape index (κ1) is 18.7. The maximum absolute atomic E-state index is 12.9. The lowest BCUT2D eigenvalue weighted by Gasteiger charge is -2.15. The summed E-state index contributed by atoms with van der Waals surface area (Å²) < 4.78 is 27.6. The molecule has 8 heteroatoms. The Morgan fingerprint density at radius 2 is 1.79 bits per heavy atom. The zero-order chi connectivity index (χ0) is 19.7. The minimum atomic E-state index is -3.53. The number of hydrogen-bond donors (Lipinski definition) is 0. The van der Waals surface area contributed by atoms with E-state index >= 15 is 0 Å². The molecule has 0 saturated carbocycles. The van der Waals surface area contributed by atoms with Crippen molar-refractivity contribution in [3.63, 3.8) is 0 Å². The summed E-state index contributed by atoms with van der Waals surface area (Å²) >= 11 is 1.32. The van der Waals surface area contributed by atoms with Crippen molar-refractivity contribution in [2.75, 3.05) is 13.1 Å². The molecule has 4 rings (SSSR count). The Morgan fingerprint density at radius 1 is 1.11 bits per heavy atom. The van der Waals surface area contributed by atoms with E-state index in [1.54, 1.807) is 0 Å². The van der Waals surface area contributed by atoms with Gasteiger partial charge >= 0.3 is 0 Å². The highest BCUT2D eigenvalue weighted by atomic mass is 32.2. The van der Waals surface area contributed by atoms with Crippen molar-refractivity contribution < 1.29 is 13.2 Å². The van der Waals surface area contributed by atoms with E-state index in [0.717, 1.165) is 23.1 Å². The number of ketones is 1.